The normalized spacial score (nSPS) is 18.1. The number of Topliss-reactive ketones (excluding diaryl/α,β-unsaturated/α-hetero) is 1. The number of nitriles is 1. The fourth-order valence-electron chi connectivity index (χ4n) is 5.28. The first-order valence-corrected chi connectivity index (χ1v) is 15.8. The van der Waals surface area contributed by atoms with Gasteiger partial charge in [0.1, 0.15) is 5.82 Å². The molecule has 2 heterocycles. The number of nitrogens with zero attached hydrogens (tertiary/aromatic N) is 4. The van der Waals surface area contributed by atoms with Crippen LogP contribution < -0.4 is 16.0 Å². The summed E-state index contributed by atoms with van der Waals surface area (Å²) in [5, 5.41) is 22.8. The maximum atomic E-state index is 13.7. The van der Waals surface area contributed by atoms with E-state index in [1.807, 2.05) is 38.1 Å². The van der Waals surface area contributed by atoms with E-state index < -0.39 is 5.92 Å². The van der Waals surface area contributed by atoms with Crippen LogP contribution in [0.3, 0.4) is 0 Å². The number of rotatable bonds is 7. The van der Waals surface area contributed by atoms with E-state index in [1.54, 1.807) is 23.1 Å². The molecule has 2 aliphatic rings. The van der Waals surface area contributed by atoms with Crippen molar-refractivity contribution in [1.29, 1.82) is 5.26 Å². The zero-order valence-corrected chi connectivity index (χ0v) is 26.3. The lowest BCUT2D eigenvalue weighted by Crippen LogP contribution is -2.42. The highest BCUT2D eigenvalue weighted by Crippen LogP contribution is 2.52. The van der Waals surface area contributed by atoms with E-state index in [0.29, 0.717) is 44.2 Å². The summed E-state index contributed by atoms with van der Waals surface area (Å²) in [6, 6.07) is 15.1. The van der Waals surface area contributed by atoms with Crippen molar-refractivity contribution in [2.24, 2.45) is 11.1 Å². The number of nitrogens with one attached hydrogen (secondary N) is 1. The zero-order chi connectivity index (χ0) is 30.2. The minimum Gasteiger partial charge on any atom is -0.384 e. The van der Waals surface area contributed by atoms with Gasteiger partial charge >= 0.3 is 0 Å². The number of aromatic nitrogens is 2. The molecular formula is C30H28Cl2N6O2S2. The lowest BCUT2D eigenvalue weighted by Gasteiger charge is -2.42. The molecule has 2 aromatic carbocycles. The molecule has 1 aliphatic heterocycles. The maximum absolute atomic E-state index is 13.7. The SMILES string of the molecule is CCc1ccc(NC(=O)CSc2nnc(N3C(N)=C(C#N)C(c4cccc(Cl)c4Cl)C4=C3CC(C)(C)CC4=O)s2)cc1. The van der Waals surface area contributed by atoms with E-state index in [9.17, 15) is 14.9 Å². The van der Waals surface area contributed by atoms with E-state index in [1.165, 1.54) is 28.7 Å². The number of halogens is 2. The van der Waals surface area contributed by atoms with Crippen LogP contribution >= 0.6 is 46.3 Å². The molecule has 3 N–H and O–H groups in total. The largest absolute Gasteiger partial charge is 0.384 e. The molecule has 216 valence electrons. The number of carbonyl (C=O) groups is 2. The van der Waals surface area contributed by atoms with E-state index in [0.717, 1.165) is 12.1 Å². The molecule has 0 saturated carbocycles. The van der Waals surface area contributed by atoms with Crippen molar-refractivity contribution in [3.05, 3.63) is 86.3 Å². The molecule has 1 aliphatic carbocycles. The molecule has 1 amide bonds. The van der Waals surface area contributed by atoms with Gasteiger partial charge in [0.05, 0.1) is 33.4 Å². The zero-order valence-electron chi connectivity index (χ0n) is 23.2. The smallest absolute Gasteiger partial charge is 0.234 e. The highest BCUT2D eigenvalue weighted by Gasteiger charge is 2.46. The number of allylic oxidation sites excluding steroid dienone is 3. The van der Waals surface area contributed by atoms with E-state index >= 15 is 0 Å². The second-order valence-electron chi connectivity index (χ2n) is 10.9. The van der Waals surface area contributed by atoms with E-state index in [-0.39, 0.29) is 39.3 Å². The quantitative estimate of drug-likeness (QED) is 0.263. The van der Waals surface area contributed by atoms with Gasteiger partial charge in [0, 0.05) is 23.4 Å². The molecule has 0 spiro atoms. The van der Waals surface area contributed by atoms with Gasteiger partial charge in [0.2, 0.25) is 11.0 Å². The van der Waals surface area contributed by atoms with Crippen molar-refractivity contribution in [2.75, 3.05) is 16.0 Å². The Labute approximate surface area is 262 Å². The van der Waals surface area contributed by atoms with Crippen LogP contribution in [0.5, 0.6) is 0 Å². The number of benzene rings is 2. The Kier molecular flexibility index (Phi) is 8.67. The maximum Gasteiger partial charge on any atom is 0.234 e. The summed E-state index contributed by atoms with van der Waals surface area (Å²) in [4.78, 5) is 28.0. The number of aryl methyl sites for hydroxylation is 1. The van der Waals surface area contributed by atoms with Gasteiger partial charge in [-0.05, 0) is 47.6 Å². The van der Waals surface area contributed by atoms with Gasteiger partial charge in [-0.15, -0.1) is 10.2 Å². The summed E-state index contributed by atoms with van der Waals surface area (Å²) < 4.78 is 0.552. The van der Waals surface area contributed by atoms with E-state index in [2.05, 4.69) is 28.5 Å². The summed E-state index contributed by atoms with van der Waals surface area (Å²) in [7, 11) is 0. The Bertz CT molecular complexity index is 1670. The van der Waals surface area contributed by atoms with Crippen LogP contribution in [-0.4, -0.2) is 27.6 Å². The van der Waals surface area contributed by atoms with Crippen molar-refractivity contribution < 1.29 is 9.59 Å². The van der Waals surface area contributed by atoms with Gasteiger partial charge < -0.3 is 11.1 Å². The Morgan fingerprint density at radius 2 is 1.95 bits per heavy atom. The number of ketones is 1. The molecular weight excluding hydrogens is 611 g/mol. The third-order valence-corrected chi connectivity index (χ3v) is 10.1. The van der Waals surface area contributed by atoms with Gasteiger partial charge in [-0.3, -0.25) is 14.5 Å². The topological polar surface area (TPSA) is 125 Å². The van der Waals surface area contributed by atoms with E-state index in [4.69, 9.17) is 28.9 Å². The number of thioether (sulfide) groups is 1. The molecule has 1 unspecified atom stereocenters. The second kappa shape index (κ2) is 12.1. The molecule has 5 rings (SSSR count). The number of amides is 1. The predicted octanol–water partition coefficient (Wildman–Crippen LogP) is 7.08. The Morgan fingerprint density at radius 3 is 2.64 bits per heavy atom. The van der Waals surface area contributed by atoms with Crippen LogP contribution in [0, 0.1) is 16.7 Å². The first-order valence-electron chi connectivity index (χ1n) is 13.3. The summed E-state index contributed by atoms with van der Waals surface area (Å²) in [6.07, 6.45) is 1.75. The lowest BCUT2D eigenvalue weighted by atomic mass is 9.68. The van der Waals surface area contributed by atoms with Gasteiger partial charge in [-0.2, -0.15) is 5.26 Å². The number of hydrogen-bond acceptors (Lipinski definition) is 9. The van der Waals surface area contributed by atoms with Crippen molar-refractivity contribution in [1.82, 2.24) is 10.2 Å². The predicted molar refractivity (Wildman–Crippen MR) is 169 cm³/mol. The minimum absolute atomic E-state index is 0.0877. The summed E-state index contributed by atoms with van der Waals surface area (Å²) in [6.45, 7) is 6.11. The molecule has 3 aromatic rings. The molecule has 0 fully saturated rings. The fraction of sp³-hybridized carbons (Fsp3) is 0.300. The monoisotopic (exact) mass is 638 g/mol. The highest BCUT2D eigenvalue weighted by atomic mass is 35.5. The second-order valence-corrected chi connectivity index (χ2v) is 13.8. The first kappa shape index (κ1) is 30.1. The van der Waals surface area contributed by atoms with Crippen molar-refractivity contribution in [3.8, 4) is 6.07 Å². The number of nitrogens with two attached hydrogens (primary N) is 1. The van der Waals surface area contributed by atoms with Crippen LogP contribution in [0.15, 0.2) is 69.5 Å². The van der Waals surface area contributed by atoms with Crippen LogP contribution in [0.4, 0.5) is 10.8 Å². The summed E-state index contributed by atoms with van der Waals surface area (Å²) in [5.74, 6) is -0.726. The lowest BCUT2D eigenvalue weighted by molar-refractivity contribution is -0.118. The summed E-state index contributed by atoms with van der Waals surface area (Å²) >= 11 is 15.4. The molecule has 12 heteroatoms. The highest BCUT2D eigenvalue weighted by molar-refractivity contribution is 8.01. The molecule has 8 nitrogen and oxygen atoms in total. The van der Waals surface area contributed by atoms with Crippen molar-refractivity contribution in [3.63, 3.8) is 0 Å². The van der Waals surface area contributed by atoms with Crippen LogP contribution in [0.25, 0.3) is 0 Å². The van der Waals surface area contributed by atoms with Crippen molar-refractivity contribution >= 4 is 68.8 Å². The molecule has 42 heavy (non-hydrogen) atoms. The van der Waals surface area contributed by atoms with Gasteiger partial charge in [-0.25, -0.2) is 0 Å². The van der Waals surface area contributed by atoms with Crippen LogP contribution in [-0.2, 0) is 16.0 Å². The number of hydrogen-bond donors (Lipinski definition) is 2. The van der Waals surface area contributed by atoms with Gasteiger partial charge in [0.25, 0.3) is 0 Å². The van der Waals surface area contributed by atoms with Crippen LogP contribution in [0.1, 0.15) is 50.7 Å². The van der Waals surface area contributed by atoms with Gasteiger partial charge in [0.15, 0.2) is 10.1 Å². The van der Waals surface area contributed by atoms with Crippen LogP contribution in [0.2, 0.25) is 10.0 Å². The Hall–Kier alpha value is -3.36. The standard InChI is InChI=1S/C30H28Cl2N6O2S2/c1-4-16-8-10-17(11-9-16)35-23(40)15-41-29-37-36-28(42-29)38-21-12-30(2,3)13-22(39)25(21)24(19(14-33)27(38)34)18-6-5-7-20(31)26(18)32/h5-11,24H,4,12-13,15,34H2,1-3H3,(H,35,40). The number of carbonyl (C=O) groups excluding carboxylic acids is 2. The Balaban J connectivity index is 1.46. The third kappa shape index (κ3) is 5.92. The molecule has 0 saturated heterocycles. The molecule has 1 aromatic heterocycles. The minimum atomic E-state index is -0.757. The Morgan fingerprint density at radius 1 is 1.21 bits per heavy atom. The van der Waals surface area contributed by atoms with Gasteiger partial charge in [-0.1, -0.05) is 91.3 Å². The fourth-order valence-corrected chi connectivity index (χ4v) is 7.38. The molecule has 1 atom stereocenters. The first-order chi connectivity index (χ1) is 20.0. The third-order valence-electron chi connectivity index (χ3n) is 7.23. The van der Waals surface area contributed by atoms with Crippen molar-refractivity contribution in [2.45, 2.75) is 50.3 Å². The molecule has 0 bridgehead atoms. The summed E-state index contributed by atoms with van der Waals surface area (Å²) in [5.41, 5.74) is 10.1. The average Bonchev–Trinajstić information content (AvgIpc) is 3.41. The molecule has 0 radical (unpaired) electrons. The average molecular weight is 640 g/mol. The number of anilines is 2.